The van der Waals surface area contributed by atoms with Gasteiger partial charge in [-0.05, 0) is 0 Å². The van der Waals surface area contributed by atoms with E-state index < -0.39 is 7.26 Å². The molecule has 0 saturated carbocycles. The summed E-state index contributed by atoms with van der Waals surface area (Å²) in [5, 5.41) is 3.18. The molecular formula is C24H37O2P. The zero-order chi connectivity index (χ0) is 19.2. The maximum atomic E-state index is 5.25. The van der Waals surface area contributed by atoms with Crippen molar-refractivity contribution >= 4 is 17.9 Å². The summed E-state index contributed by atoms with van der Waals surface area (Å²) in [6.45, 7) is 1.75. The fraction of sp³-hybridized carbons (Fsp3) is 0.500. The van der Waals surface area contributed by atoms with Crippen molar-refractivity contribution in [2.75, 3.05) is 39.8 Å². The van der Waals surface area contributed by atoms with E-state index in [4.69, 9.17) is 9.47 Å². The molecule has 0 spiro atoms. The van der Waals surface area contributed by atoms with Gasteiger partial charge in [-0.2, -0.15) is 0 Å². The predicted octanol–water partition coefficient (Wildman–Crippen LogP) is 5.02. The first-order valence-corrected chi connectivity index (χ1v) is 12.8. The monoisotopic (exact) mass is 388 g/mol. The molecular weight excluding hydrogens is 351 g/mol. The van der Waals surface area contributed by atoms with E-state index >= 15 is 0 Å². The van der Waals surface area contributed by atoms with Crippen molar-refractivity contribution in [2.24, 2.45) is 0 Å². The van der Waals surface area contributed by atoms with Crippen molar-refractivity contribution in [3.8, 4) is 0 Å². The van der Waals surface area contributed by atoms with Crippen molar-refractivity contribution in [1.29, 1.82) is 0 Å². The van der Waals surface area contributed by atoms with Gasteiger partial charge in [-0.1, -0.05) is 0 Å². The molecule has 0 aliphatic rings. The zero-order valence-corrected chi connectivity index (χ0v) is 18.2. The molecule has 0 aliphatic heterocycles. The van der Waals surface area contributed by atoms with E-state index in [0.29, 0.717) is 0 Å². The van der Waals surface area contributed by atoms with Gasteiger partial charge in [0.1, 0.15) is 0 Å². The van der Waals surface area contributed by atoms with E-state index in [0.717, 1.165) is 13.2 Å². The average Bonchev–Trinajstić information content (AvgIpc) is 2.73. The van der Waals surface area contributed by atoms with Gasteiger partial charge in [-0.15, -0.1) is 0 Å². The van der Waals surface area contributed by atoms with Crippen LogP contribution in [0.4, 0.5) is 0 Å². The Morgan fingerprint density at radius 1 is 0.556 bits per heavy atom. The fourth-order valence-corrected chi connectivity index (χ4v) is 9.19. The van der Waals surface area contributed by atoms with Crippen molar-refractivity contribution in [2.45, 2.75) is 38.5 Å². The minimum atomic E-state index is -1.75. The summed E-state index contributed by atoms with van der Waals surface area (Å²) in [6, 6.07) is 22.7. The van der Waals surface area contributed by atoms with Crippen molar-refractivity contribution < 1.29 is 9.47 Å². The van der Waals surface area contributed by atoms with Crippen LogP contribution >= 0.6 is 7.26 Å². The molecule has 2 aromatic carbocycles. The Bertz CT molecular complexity index is 545. The SMILES string of the molecule is COCCCCC[PH](CCCCCOC)(c1ccccc1)c1ccccc1. The van der Waals surface area contributed by atoms with Crippen LogP contribution in [0.2, 0.25) is 0 Å². The summed E-state index contributed by atoms with van der Waals surface area (Å²) in [4.78, 5) is 0. The van der Waals surface area contributed by atoms with Gasteiger partial charge in [-0.3, -0.25) is 0 Å². The van der Waals surface area contributed by atoms with Crippen LogP contribution in [-0.2, 0) is 9.47 Å². The Morgan fingerprint density at radius 2 is 0.963 bits per heavy atom. The molecule has 0 atom stereocenters. The van der Waals surface area contributed by atoms with E-state index in [1.807, 2.05) is 0 Å². The third kappa shape index (κ3) is 7.03. The van der Waals surface area contributed by atoms with Gasteiger partial charge in [0, 0.05) is 0 Å². The summed E-state index contributed by atoms with van der Waals surface area (Å²) in [7, 11) is 1.85. The van der Waals surface area contributed by atoms with E-state index in [1.165, 1.54) is 50.8 Å². The van der Waals surface area contributed by atoms with E-state index in [2.05, 4.69) is 60.7 Å². The second-order valence-corrected chi connectivity index (χ2v) is 11.7. The Balaban J connectivity index is 2.21. The third-order valence-corrected chi connectivity index (χ3v) is 10.8. The molecule has 0 amide bonds. The second-order valence-electron chi connectivity index (χ2n) is 7.42. The number of hydrogen-bond acceptors (Lipinski definition) is 2. The molecule has 0 bridgehead atoms. The van der Waals surface area contributed by atoms with Crippen LogP contribution in [0.5, 0.6) is 0 Å². The Morgan fingerprint density at radius 3 is 1.33 bits per heavy atom. The Kier molecular flexibility index (Phi) is 10.7. The van der Waals surface area contributed by atoms with Crippen LogP contribution in [0.3, 0.4) is 0 Å². The fourth-order valence-electron chi connectivity index (χ4n) is 4.08. The van der Waals surface area contributed by atoms with Crippen LogP contribution in [0.15, 0.2) is 60.7 Å². The topological polar surface area (TPSA) is 18.5 Å². The quantitative estimate of drug-likeness (QED) is 0.334. The molecule has 2 aromatic rings. The van der Waals surface area contributed by atoms with Gasteiger partial charge in [-0.25, -0.2) is 0 Å². The van der Waals surface area contributed by atoms with Crippen LogP contribution in [0.25, 0.3) is 0 Å². The van der Waals surface area contributed by atoms with Crippen LogP contribution in [0.1, 0.15) is 38.5 Å². The number of rotatable bonds is 14. The van der Waals surface area contributed by atoms with Crippen molar-refractivity contribution in [1.82, 2.24) is 0 Å². The second kappa shape index (κ2) is 13.0. The molecule has 0 heterocycles. The van der Waals surface area contributed by atoms with Gasteiger partial charge < -0.3 is 0 Å². The molecule has 0 fully saturated rings. The van der Waals surface area contributed by atoms with Gasteiger partial charge in [0.25, 0.3) is 0 Å². The molecule has 0 radical (unpaired) electrons. The van der Waals surface area contributed by atoms with E-state index in [-0.39, 0.29) is 0 Å². The summed E-state index contributed by atoms with van der Waals surface area (Å²) >= 11 is 0. The molecule has 3 heteroatoms. The summed E-state index contributed by atoms with van der Waals surface area (Å²) in [6.07, 6.45) is 10.1. The van der Waals surface area contributed by atoms with Crippen LogP contribution in [0, 0.1) is 0 Å². The molecule has 2 nitrogen and oxygen atoms in total. The molecule has 0 N–H and O–H groups in total. The minimum absolute atomic E-state index is 0.877. The summed E-state index contributed by atoms with van der Waals surface area (Å²) in [5.74, 6) is 0. The average molecular weight is 389 g/mol. The first kappa shape index (κ1) is 22.1. The van der Waals surface area contributed by atoms with Gasteiger partial charge in [0.05, 0.1) is 0 Å². The normalized spacial score (nSPS) is 12.2. The van der Waals surface area contributed by atoms with Crippen molar-refractivity contribution in [3.63, 3.8) is 0 Å². The zero-order valence-electron chi connectivity index (χ0n) is 17.2. The molecule has 0 saturated heterocycles. The molecule has 0 unspecified atom stereocenters. The predicted molar refractivity (Wildman–Crippen MR) is 122 cm³/mol. The van der Waals surface area contributed by atoms with Gasteiger partial charge in [0.2, 0.25) is 0 Å². The number of unbranched alkanes of at least 4 members (excludes halogenated alkanes) is 4. The standard InChI is InChI=1S/C24H37O2P/c1-25-19-11-5-13-21-27(22-14-6-12-20-26-2,23-15-7-3-8-16-23)24-17-9-4-10-18-24/h3-4,7-10,15-18,27H,5-6,11-14,19-22H2,1-2H3. The van der Waals surface area contributed by atoms with Crippen LogP contribution in [-0.4, -0.2) is 39.8 Å². The number of ether oxygens (including phenoxy) is 2. The Labute approximate surface area is 166 Å². The number of hydrogen-bond donors (Lipinski definition) is 0. The molecule has 27 heavy (non-hydrogen) atoms. The molecule has 0 aliphatic carbocycles. The summed E-state index contributed by atoms with van der Waals surface area (Å²) < 4.78 is 10.5. The Hall–Kier alpha value is -1.21. The van der Waals surface area contributed by atoms with Gasteiger partial charge >= 0.3 is 166 Å². The van der Waals surface area contributed by atoms with E-state index in [9.17, 15) is 0 Å². The van der Waals surface area contributed by atoms with Crippen molar-refractivity contribution in [3.05, 3.63) is 60.7 Å². The summed E-state index contributed by atoms with van der Waals surface area (Å²) in [5.41, 5.74) is 0. The van der Waals surface area contributed by atoms with Crippen LogP contribution < -0.4 is 10.6 Å². The first-order valence-electron chi connectivity index (χ1n) is 10.4. The van der Waals surface area contributed by atoms with Gasteiger partial charge in [0.15, 0.2) is 0 Å². The van der Waals surface area contributed by atoms with E-state index in [1.54, 1.807) is 24.8 Å². The number of methoxy groups -OCH3 is 2. The molecule has 2 rings (SSSR count). The first-order chi connectivity index (χ1) is 13.3. The molecule has 0 aromatic heterocycles. The third-order valence-electron chi connectivity index (χ3n) is 5.56. The number of benzene rings is 2. The maximum absolute atomic E-state index is 5.25. The molecule has 150 valence electrons.